The van der Waals surface area contributed by atoms with Crippen LogP contribution in [0.2, 0.25) is 0 Å². The zero-order chi connectivity index (χ0) is 20.6. The molecule has 9 heteroatoms. The zero-order valence-electron chi connectivity index (χ0n) is 16.9. The lowest BCUT2D eigenvalue weighted by Crippen LogP contribution is -2.42. The second kappa shape index (κ2) is 10.5. The van der Waals surface area contributed by atoms with Crippen LogP contribution in [-0.4, -0.2) is 46.0 Å². The Hall–Kier alpha value is -1.97. The summed E-state index contributed by atoms with van der Waals surface area (Å²) in [7, 11) is -1.84. The summed E-state index contributed by atoms with van der Waals surface area (Å²) in [6.45, 7) is 7.21. The lowest BCUT2D eigenvalue weighted by molar-refractivity contribution is 0.580. The quantitative estimate of drug-likeness (QED) is 0.326. The van der Waals surface area contributed by atoms with E-state index in [1.54, 1.807) is 31.4 Å². The van der Waals surface area contributed by atoms with Crippen molar-refractivity contribution in [2.45, 2.75) is 38.5 Å². The molecule has 0 saturated heterocycles. The minimum Gasteiger partial charge on any atom is -0.356 e. The number of thiazole rings is 1. The standard InChI is InChI=1S/C19H29N5O2S2/c1-5-16-13-23-18(27-16)8-9-21-19(20-4)22-10-11-24-28(25,26)17-12-14(2)6-7-15(17)3/h6-7,12-13,24H,5,8-11H2,1-4H3,(H2,20,21,22). The highest BCUT2D eigenvalue weighted by molar-refractivity contribution is 7.89. The van der Waals surface area contributed by atoms with E-state index in [4.69, 9.17) is 0 Å². The Morgan fingerprint density at radius 3 is 2.61 bits per heavy atom. The van der Waals surface area contributed by atoms with Crippen LogP contribution in [0.5, 0.6) is 0 Å². The lowest BCUT2D eigenvalue weighted by Gasteiger charge is -2.13. The number of aliphatic imine (C=N–C) groups is 1. The minimum atomic E-state index is -3.53. The van der Waals surface area contributed by atoms with Gasteiger partial charge in [0.1, 0.15) is 0 Å². The van der Waals surface area contributed by atoms with Gasteiger partial charge in [-0.3, -0.25) is 4.99 Å². The van der Waals surface area contributed by atoms with Gasteiger partial charge in [-0.2, -0.15) is 0 Å². The molecule has 0 fully saturated rings. The Balaban J connectivity index is 1.75. The van der Waals surface area contributed by atoms with Crippen LogP contribution in [0.15, 0.2) is 34.3 Å². The molecule has 0 bridgehead atoms. The van der Waals surface area contributed by atoms with E-state index in [-0.39, 0.29) is 6.54 Å². The van der Waals surface area contributed by atoms with Gasteiger partial charge >= 0.3 is 0 Å². The molecule has 7 nitrogen and oxygen atoms in total. The summed E-state index contributed by atoms with van der Waals surface area (Å²) in [6.07, 6.45) is 3.76. The van der Waals surface area contributed by atoms with Crippen molar-refractivity contribution in [2.75, 3.05) is 26.7 Å². The van der Waals surface area contributed by atoms with Crippen molar-refractivity contribution in [1.29, 1.82) is 0 Å². The third-order valence-corrected chi connectivity index (χ3v) is 6.95. The largest absolute Gasteiger partial charge is 0.356 e. The number of hydrogen-bond donors (Lipinski definition) is 3. The van der Waals surface area contributed by atoms with Crippen molar-refractivity contribution < 1.29 is 8.42 Å². The maximum Gasteiger partial charge on any atom is 0.240 e. The number of aryl methyl sites for hydroxylation is 3. The predicted octanol–water partition coefficient (Wildman–Crippen LogP) is 2.01. The van der Waals surface area contributed by atoms with Gasteiger partial charge in [0.05, 0.1) is 9.90 Å². The second-order valence-corrected chi connectivity index (χ2v) is 9.35. The van der Waals surface area contributed by atoms with Gasteiger partial charge in [-0.1, -0.05) is 19.1 Å². The number of sulfonamides is 1. The van der Waals surface area contributed by atoms with Gasteiger partial charge in [0.15, 0.2) is 5.96 Å². The van der Waals surface area contributed by atoms with Crippen LogP contribution in [0.1, 0.15) is 27.9 Å². The van der Waals surface area contributed by atoms with E-state index in [1.807, 2.05) is 25.3 Å². The maximum atomic E-state index is 12.5. The molecule has 0 spiro atoms. The van der Waals surface area contributed by atoms with Gasteiger partial charge in [0.25, 0.3) is 0 Å². The van der Waals surface area contributed by atoms with Gasteiger partial charge in [-0.05, 0) is 37.5 Å². The van der Waals surface area contributed by atoms with Crippen LogP contribution in [0.4, 0.5) is 0 Å². The first kappa shape index (κ1) is 22.3. The molecule has 2 rings (SSSR count). The summed E-state index contributed by atoms with van der Waals surface area (Å²) in [4.78, 5) is 10.2. The van der Waals surface area contributed by atoms with E-state index in [0.717, 1.165) is 29.0 Å². The highest BCUT2D eigenvalue weighted by Gasteiger charge is 2.16. The Labute approximate surface area is 171 Å². The number of rotatable bonds is 9. The highest BCUT2D eigenvalue weighted by atomic mass is 32.2. The molecule has 0 radical (unpaired) electrons. The molecule has 3 N–H and O–H groups in total. The second-order valence-electron chi connectivity index (χ2n) is 6.42. The average molecular weight is 424 g/mol. The Morgan fingerprint density at radius 2 is 1.93 bits per heavy atom. The summed E-state index contributed by atoms with van der Waals surface area (Å²) in [6, 6.07) is 5.41. The van der Waals surface area contributed by atoms with Gasteiger partial charge in [-0.15, -0.1) is 11.3 Å². The summed E-state index contributed by atoms with van der Waals surface area (Å²) in [5, 5.41) is 7.43. The number of benzene rings is 1. The fourth-order valence-corrected chi connectivity index (χ4v) is 4.80. The average Bonchev–Trinajstić information content (AvgIpc) is 3.13. The molecule has 28 heavy (non-hydrogen) atoms. The predicted molar refractivity (Wildman–Crippen MR) is 116 cm³/mol. The van der Waals surface area contributed by atoms with Crippen LogP contribution in [0, 0.1) is 13.8 Å². The van der Waals surface area contributed by atoms with Crippen LogP contribution in [-0.2, 0) is 22.9 Å². The molecule has 0 unspecified atom stereocenters. The molecular formula is C19H29N5O2S2. The first-order chi connectivity index (χ1) is 13.4. The molecule has 1 heterocycles. The Morgan fingerprint density at radius 1 is 1.18 bits per heavy atom. The summed E-state index contributed by atoms with van der Waals surface area (Å²) >= 11 is 1.73. The van der Waals surface area contributed by atoms with Crippen LogP contribution < -0.4 is 15.4 Å². The van der Waals surface area contributed by atoms with Crippen molar-refractivity contribution in [1.82, 2.24) is 20.3 Å². The first-order valence-electron chi connectivity index (χ1n) is 9.30. The number of guanidine groups is 1. The number of aromatic nitrogens is 1. The molecule has 154 valence electrons. The SMILES string of the molecule is CCc1cnc(CCNC(=NC)NCCNS(=O)(=O)c2cc(C)ccc2C)s1. The fourth-order valence-electron chi connectivity index (χ4n) is 2.58. The molecule has 0 aliphatic rings. The summed E-state index contributed by atoms with van der Waals surface area (Å²) in [5.41, 5.74) is 1.65. The van der Waals surface area contributed by atoms with E-state index < -0.39 is 10.0 Å². The van der Waals surface area contributed by atoms with Crippen molar-refractivity contribution in [3.05, 3.63) is 45.4 Å². The van der Waals surface area contributed by atoms with E-state index >= 15 is 0 Å². The van der Waals surface area contributed by atoms with Crippen LogP contribution >= 0.6 is 11.3 Å². The van der Waals surface area contributed by atoms with E-state index in [1.165, 1.54) is 4.88 Å². The maximum absolute atomic E-state index is 12.5. The van der Waals surface area contributed by atoms with Gasteiger partial charge in [0.2, 0.25) is 10.0 Å². The summed E-state index contributed by atoms with van der Waals surface area (Å²) < 4.78 is 27.6. The van der Waals surface area contributed by atoms with Crippen molar-refractivity contribution in [3.63, 3.8) is 0 Å². The van der Waals surface area contributed by atoms with Crippen LogP contribution in [0.3, 0.4) is 0 Å². The number of hydrogen-bond acceptors (Lipinski definition) is 5. The third kappa shape index (κ3) is 6.57. The van der Waals surface area contributed by atoms with Gasteiger partial charge in [-0.25, -0.2) is 18.1 Å². The molecule has 0 saturated carbocycles. The molecule has 2 aromatic rings. The molecule has 0 atom stereocenters. The summed E-state index contributed by atoms with van der Waals surface area (Å²) in [5.74, 6) is 0.637. The van der Waals surface area contributed by atoms with E-state index in [2.05, 4.69) is 32.3 Å². The van der Waals surface area contributed by atoms with Crippen molar-refractivity contribution >= 4 is 27.3 Å². The number of nitrogens with zero attached hydrogens (tertiary/aromatic N) is 2. The zero-order valence-corrected chi connectivity index (χ0v) is 18.5. The minimum absolute atomic E-state index is 0.267. The lowest BCUT2D eigenvalue weighted by atomic mass is 10.2. The monoisotopic (exact) mass is 423 g/mol. The first-order valence-corrected chi connectivity index (χ1v) is 11.6. The molecule has 0 amide bonds. The Bertz CT molecular complexity index is 907. The van der Waals surface area contributed by atoms with Gasteiger partial charge in [0, 0.05) is 44.2 Å². The molecule has 1 aromatic heterocycles. The molecule has 1 aromatic carbocycles. The van der Waals surface area contributed by atoms with E-state index in [9.17, 15) is 8.42 Å². The fraction of sp³-hybridized carbons (Fsp3) is 0.474. The van der Waals surface area contributed by atoms with Crippen molar-refractivity contribution in [3.8, 4) is 0 Å². The topological polar surface area (TPSA) is 95.5 Å². The third-order valence-electron chi connectivity index (χ3n) is 4.15. The normalized spacial score (nSPS) is 12.2. The van der Waals surface area contributed by atoms with Crippen molar-refractivity contribution in [2.24, 2.45) is 4.99 Å². The van der Waals surface area contributed by atoms with Gasteiger partial charge < -0.3 is 10.6 Å². The molecule has 0 aliphatic heterocycles. The molecular weight excluding hydrogens is 394 g/mol. The van der Waals surface area contributed by atoms with E-state index in [0.29, 0.717) is 23.9 Å². The number of nitrogens with one attached hydrogen (secondary N) is 3. The smallest absolute Gasteiger partial charge is 0.240 e. The highest BCUT2D eigenvalue weighted by Crippen LogP contribution is 2.16. The van der Waals surface area contributed by atoms with Crippen LogP contribution in [0.25, 0.3) is 0 Å². The Kier molecular flexibility index (Phi) is 8.40. The molecule has 0 aliphatic carbocycles.